The van der Waals surface area contributed by atoms with Crippen LogP contribution >= 0.6 is 0 Å². The maximum Gasteiger partial charge on any atom is 0.131 e. The molecule has 0 radical (unpaired) electrons. The maximum absolute atomic E-state index is 13.6. The van der Waals surface area contributed by atoms with Crippen molar-refractivity contribution in [3.63, 3.8) is 0 Å². The molecular formula is C31H41FN4. The van der Waals surface area contributed by atoms with Crippen LogP contribution in [0.25, 0.3) is 16.5 Å². The first-order valence-electron chi connectivity index (χ1n) is 12.5. The van der Waals surface area contributed by atoms with Gasteiger partial charge in [-0.25, -0.2) is 9.38 Å². The van der Waals surface area contributed by atoms with Crippen molar-refractivity contribution < 1.29 is 4.39 Å². The predicted molar refractivity (Wildman–Crippen MR) is 155 cm³/mol. The van der Waals surface area contributed by atoms with Crippen molar-refractivity contribution in [2.24, 2.45) is 10.7 Å². The number of aliphatic imine (C=N–C) groups is 1. The number of aryl methyl sites for hydroxylation is 4. The number of hydrogen-bond donors (Lipinski definition) is 3. The van der Waals surface area contributed by atoms with E-state index in [0.717, 1.165) is 28.7 Å². The lowest BCUT2D eigenvalue weighted by Crippen LogP contribution is -2.18. The first-order valence-corrected chi connectivity index (χ1v) is 12.5. The number of aromatic amines is 1. The minimum atomic E-state index is -0.203. The van der Waals surface area contributed by atoms with Crippen molar-refractivity contribution in [2.75, 3.05) is 6.54 Å². The average molecular weight is 489 g/mol. The Morgan fingerprint density at radius 2 is 1.72 bits per heavy atom. The van der Waals surface area contributed by atoms with Gasteiger partial charge in [-0.15, -0.1) is 0 Å². The van der Waals surface area contributed by atoms with Gasteiger partial charge < -0.3 is 16.0 Å². The molecule has 0 saturated heterocycles. The predicted octanol–water partition coefficient (Wildman–Crippen LogP) is 7.58. The molecule has 0 aliphatic heterocycles. The Bertz CT molecular complexity index is 1320. The normalized spacial score (nSPS) is 12.4. The Morgan fingerprint density at radius 1 is 1.06 bits per heavy atom. The Kier molecular flexibility index (Phi) is 10.3. The van der Waals surface area contributed by atoms with Crippen molar-refractivity contribution in [1.82, 2.24) is 10.3 Å². The van der Waals surface area contributed by atoms with E-state index in [1.54, 1.807) is 13.0 Å². The van der Waals surface area contributed by atoms with Crippen LogP contribution in [0.3, 0.4) is 0 Å². The van der Waals surface area contributed by atoms with Crippen molar-refractivity contribution in [3.05, 3.63) is 99.3 Å². The number of aromatic nitrogens is 1. The van der Waals surface area contributed by atoms with Crippen LogP contribution in [0.1, 0.15) is 61.2 Å². The van der Waals surface area contributed by atoms with E-state index in [1.807, 2.05) is 39.8 Å². The molecule has 0 bridgehead atoms. The lowest BCUT2D eigenvalue weighted by atomic mass is 10.00. The summed E-state index contributed by atoms with van der Waals surface area (Å²) in [5.74, 6) is 0.489. The zero-order valence-electron chi connectivity index (χ0n) is 23.1. The van der Waals surface area contributed by atoms with E-state index in [1.165, 1.54) is 45.7 Å². The highest BCUT2D eigenvalue weighted by molar-refractivity contribution is 5.90. The first-order chi connectivity index (χ1) is 17.1. The second kappa shape index (κ2) is 12.9. The minimum Gasteiger partial charge on any atom is -0.390 e. The third-order valence-corrected chi connectivity index (χ3v) is 6.40. The van der Waals surface area contributed by atoms with E-state index in [9.17, 15) is 4.39 Å². The molecule has 0 saturated carbocycles. The van der Waals surface area contributed by atoms with E-state index in [-0.39, 0.29) is 5.82 Å². The van der Waals surface area contributed by atoms with Gasteiger partial charge in [0.2, 0.25) is 0 Å². The van der Waals surface area contributed by atoms with E-state index < -0.39 is 0 Å². The molecule has 4 N–H and O–H groups in total. The van der Waals surface area contributed by atoms with Crippen LogP contribution < -0.4 is 11.1 Å². The number of H-pyrrole nitrogens is 1. The summed E-state index contributed by atoms with van der Waals surface area (Å²) in [7, 11) is 0. The number of nitrogens with one attached hydrogen (secondary N) is 2. The third kappa shape index (κ3) is 6.54. The van der Waals surface area contributed by atoms with Gasteiger partial charge in [0.15, 0.2) is 0 Å². The number of hydrogen-bond acceptors (Lipinski definition) is 2. The summed E-state index contributed by atoms with van der Waals surface area (Å²) in [6.45, 7) is 21.1. The lowest BCUT2D eigenvalue weighted by molar-refractivity contribution is 0.618. The Balaban J connectivity index is 0.00000222. The highest BCUT2D eigenvalue weighted by atomic mass is 19.1. The van der Waals surface area contributed by atoms with Crippen LogP contribution in [0.15, 0.2) is 64.9 Å². The molecule has 0 fully saturated rings. The van der Waals surface area contributed by atoms with Crippen LogP contribution in [0, 0.1) is 33.5 Å². The Labute approximate surface area is 215 Å². The number of nitrogens with two attached hydrogens (primary N) is 1. The summed E-state index contributed by atoms with van der Waals surface area (Å²) < 4.78 is 13.6. The highest BCUT2D eigenvalue weighted by Gasteiger charge is 2.13. The molecule has 2 aromatic carbocycles. The zero-order chi connectivity index (χ0) is 27.0. The number of rotatable bonds is 8. The molecule has 1 aromatic heterocycles. The van der Waals surface area contributed by atoms with Crippen LogP contribution in [0.4, 0.5) is 4.39 Å². The molecule has 0 spiro atoms. The van der Waals surface area contributed by atoms with E-state index in [0.29, 0.717) is 17.9 Å². The largest absolute Gasteiger partial charge is 0.390 e. The second-order valence-corrected chi connectivity index (χ2v) is 8.92. The van der Waals surface area contributed by atoms with E-state index in [4.69, 9.17) is 5.73 Å². The van der Waals surface area contributed by atoms with Gasteiger partial charge in [-0.3, -0.25) is 0 Å². The van der Waals surface area contributed by atoms with Crippen LogP contribution in [-0.2, 0) is 6.42 Å². The fourth-order valence-electron chi connectivity index (χ4n) is 4.27. The van der Waals surface area contributed by atoms with E-state index >= 15 is 0 Å². The molecule has 3 rings (SSSR count). The summed E-state index contributed by atoms with van der Waals surface area (Å²) in [5.41, 5.74) is 16.2. The SMILES string of the molecule is C=C(/C=C(\C)c1ccc(F)c(C)c1)/C(C)=C(\N=C/N)NCCc1c(C)[nH]c2c(C)ccc(C)c12.CC. The minimum absolute atomic E-state index is 0.203. The van der Waals surface area contributed by atoms with Gasteiger partial charge >= 0.3 is 0 Å². The maximum atomic E-state index is 13.6. The molecule has 0 amide bonds. The van der Waals surface area contributed by atoms with Gasteiger partial charge in [-0.2, -0.15) is 0 Å². The highest BCUT2D eigenvalue weighted by Crippen LogP contribution is 2.28. The Morgan fingerprint density at radius 3 is 2.36 bits per heavy atom. The summed E-state index contributed by atoms with van der Waals surface area (Å²) in [6.07, 6.45) is 4.14. The molecule has 3 aromatic rings. The van der Waals surface area contributed by atoms with Crippen LogP contribution in [0.2, 0.25) is 0 Å². The first kappa shape index (κ1) is 28.6. The summed E-state index contributed by atoms with van der Waals surface area (Å²) in [6, 6.07) is 9.46. The monoisotopic (exact) mass is 488 g/mol. The molecule has 5 heteroatoms. The topological polar surface area (TPSA) is 66.2 Å². The fourth-order valence-corrected chi connectivity index (χ4v) is 4.27. The number of benzene rings is 2. The summed E-state index contributed by atoms with van der Waals surface area (Å²) in [4.78, 5) is 7.91. The molecule has 36 heavy (non-hydrogen) atoms. The van der Waals surface area contributed by atoms with E-state index in [2.05, 4.69) is 54.8 Å². The van der Waals surface area contributed by atoms with Crippen LogP contribution in [-0.4, -0.2) is 17.9 Å². The number of fused-ring (bicyclic) bond motifs is 1. The molecule has 0 aliphatic rings. The third-order valence-electron chi connectivity index (χ3n) is 6.40. The van der Waals surface area contributed by atoms with Gasteiger partial charge in [-0.1, -0.05) is 44.7 Å². The number of halogens is 1. The van der Waals surface area contributed by atoms with Crippen molar-refractivity contribution in [3.8, 4) is 0 Å². The lowest BCUT2D eigenvalue weighted by Gasteiger charge is -2.13. The van der Waals surface area contributed by atoms with Crippen molar-refractivity contribution in [1.29, 1.82) is 0 Å². The Hall–Kier alpha value is -3.60. The van der Waals surface area contributed by atoms with Gasteiger partial charge in [0.1, 0.15) is 11.6 Å². The molecule has 0 aliphatic carbocycles. The molecule has 4 nitrogen and oxygen atoms in total. The van der Waals surface area contributed by atoms with Gasteiger partial charge in [0, 0.05) is 23.1 Å². The summed E-state index contributed by atoms with van der Waals surface area (Å²) >= 11 is 0. The van der Waals surface area contributed by atoms with Crippen molar-refractivity contribution in [2.45, 2.75) is 61.8 Å². The zero-order valence-corrected chi connectivity index (χ0v) is 23.1. The number of allylic oxidation sites excluding steroid dienone is 4. The molecule has 0 atom stereocenters. The fraction of sp³-hybridized carbons (Fsp3) is 0.323. The van der Waals surface area contributed by atoms with Gasteiger partial charge in [0.05, 0.1) is 6.34 Å². The van der Waals surface area contributed by atoms with Crippen molar-refractivity contribution >= 4 is 22.8 Å². The number of nitrogens with zero attached hydrogens (tertiary/aromatic N) is 1. The molecule has 1 heterocycles. The molecular weight excluding hydrogens is 447 g/mol. The smallest absolute Gasteiger partial charge is 0.131 e. The molecule has 0 unspecified atom stereocenters. The van der Waals surface area contributed by atoms with Crippen LogP contribution in [0.5, 0.6) is 0 Å². The second-order valence-electron chi connectivity index (χ2n) is 8.92. The quantitative estimate of drug-likeness (QED) is 0.174. The van der Waals surface area contributed by atoms with Gasteiger partial charge in [0.25, 0.3) is 0 Å². The average Bonchev–Trinajstić information content (AvgIpc) is 3.20. The summed E-state index contributed by atoms with van der Waals surface area (Å²) in [5, 5.41) is 4.75. The standard InChI is InChI=1S/C29H35FN4.C2H6/c1-17-8-9-18(2)28-27(17)25(23(7)34-28)12-13-32-29(33-16-31)22(6)19(3)14-20(4)24-10-11-26(30)21(5)15-24;1-2/h8-11,14-16,32,34H,3,12-13H2,1-2,4-7H3,(H2,31,33);1-2H3/b20-14+,29-22-;. The molecule has 192 valence electrons. The van der Waals surface area contributed by atoms with Gasteiger partial charge in [-0.05, 0) is 105 Å².